The number of aromatic nitrogens is 2. The Morgan fingerprint density at radius 3 is 2.78 bits per heavy atom. The van der Waals surface area contributed by atoms with Gasteiger partial charge >= 0.3 is 0 Å². The summed E-state index contributed by atoms with van der Waals surface area (Å²) in [6.45, 7) is 3.40. The molecule has 1 unspecified atom stereocenters. The van der Waals surface area contributed by atoms with Crippen LogP contribution in [0.5, 0.6) is 0 Å². The number of carbonyl (C=O) groups is 2. The lowest BCUT2D eigenvalue weighted by atomic mass is 10.0. The lowest BCUT2D eigenvalue weighted by molar-refractivity contribution is -0.135. The number of aryl methyl sites for hydroxylation is 1. The first-order valence-corrected chi connectivity index (χ1v) is 7.31. The van der Waals surface area contributed by atoms with Crippen molar-refractivity contribution in [2.75, 3.05) is 0 Å². The summed E-state index contributed by atoms with van der Waals surface area (Å²) in [5.74, 6) is 5.40. The van der Waals surface area contributed by atoms with E-state index in [1.165, 1.54) is 4.57 Å². The maximum atomic E-state index is 12.8. The molecule has 0 bridgehead atoms. The van der Waals surface area contributed by atoms with Crippen LogP contribution in [0.25, 0.3) is 10.9 Å². The number of amides is 2. The van der Waals surface area contributed by atoms with E-state index in [0.717, 1.165) is 0 Å². The van der Waals surface area contributed by atoms with Gasteiger partial charge in [0.2, 0.25) is 11.8 Å². The number of benzene rings is 1. The molecule has 0 saturated carbocycles. The van der Waals surface area contributed by atoms with Crippen LogP contribution in [-0.2, 0) is 9.59 Å². The number of piperidine rings is 1. The van der Waals surface area contributed by atoms with Crippen molar-refractivity contribution in [3.63, 3.8) is 0 Å². The molecule has 6 nitrogen and oxygen atoms in total. The van der Waals surface area contributed by atoms with Crippen LogP contribution in [0, 0.1) is 18.8 Å². The minimum Gasteiger partial charge on any atom is -0.295 e. The number of para-hydroxylation sites is 1. The van der Waals surface area contributed by atoms with Crippen molar-refractivity contribution in [1.82, 2.24) is 14.9 Å². The van der Waals surface area contributed by atoms with Crippen molar-refractivity contribution in [1.29, 1.82) is 0 Å². The van der Waals surface area contributed by atoms with E-state index >= 15 is 0 Å². The molecule has 1 aliphatic heterocycles. The second kappa shape index (κ2) is 5.69. The number of fused-ring (bicyclic) bond motifs is 1. The lowest BCUT2D eigenvalue weighted by Gasteiger charge is -2.24. The molecule has 0 spiro atoms. The van der Waals surface area contributed by atoms with Gasteiger partial charge in [-0.05, 0) is 32.4 Å². The van der Waals surface area contributed by atoms with Crippen molar-refractivity contribution >= 4 is 22.7 Å². The normalized spacial score (nSPS) is 17.6. The highest BCUT2D eigenvalue weighted by Crippen LogP contribution is 2.20. The summed E-state index contributed by atoms with van der Waals surface area (Å²) in [6, 6.07) is 4.52. The lowest BCUT2D eigenvalue weighted by Crippen LogP contribution is -2.45. The topological polar surface area (TPSA) is 81.1 Å². The quantitative estimate of drug-likeness (QED) is 0.631. The van der Waals surface area contributed by atoms with Gasteiger partial charge in [-0.25, -0.2) is 4.98 Å². The van der Waals surface area contributed by atoms with Gasteiger partial charge in [0.05, 0.1) is 16.5 Å². The van der Waals surface area contributed by atoms with Crippen molar-refractivity contribution in [3.8, 4) is 11.8 Å². The van der Waals surface area contributed by atoms with E-state index in [9.17, 15) is 14.4 Å². The number of hydrogen-bond acceptors (Lipinski definition) is 4. The van der Waals surface area contributed by atoms with Crippen LogP contribution in [0.2, 0.25) is 0 Å². The van der Waals surface area contributed by atoms with Gasteiger partial charge in [0, 0.05) is 6.42 Å². The maximum Gasteiger partial charge on any atom is 0.262 e. The highest BCUT2D eigenvalue weighted by molar-refractivity contribution is 5.99. The Labute approximate surface area is 132 Å². The van der Waals surface area contributed by atoms with E-state index in [1.54, 1.807) is 32.0 Å². The Hall–Kier alpha value is -2.94. The van der Waals surface area contributed by atoms with E-state index in [2.05, 4.69) is 22.1 Å². The number of hydrogen-bond donors (Lipinski definition) is 1. The Morgan fingerprint density at radius 1 is 1.30 bits per heavy atom. The second-order valence-corrected chi connectivity index (χ2v) is 5.38. The molecule has 1 saturated heterocycles. The van der Waals surface area contributed by atoms with Crippen molar-refractivity contribution in [2.24, 2.45) is 0 Å². The van der Waals surface area contributed by atoms with Gasteiger partial charge in [-0.1, -0.05) is 12.0 Å². The summed E-state index contributed by atoms with van der Waals surface area (Å²) in [5, 5.41) is 2.69. The first-order valence-electron chi connectivity index (χ1n) is 7.31. The minimum atomic E-state index is -0.710. The van der Waals surface area contributed by atoms with E-state index in [0.29, 0.717) is 28.7 Å². The van der Waals surface area contributed by atoms with Gasteiger partial charge in [-0.2, -0.15) is 0 Å². The number of nitrogens with zero attached hydrogens (tertiary/aromatic N) is 2. The minimum absolute atomic E-state index is 0.210. The number of nitrogens with one attached hydrogen (secondary N) is 1. The molecular weight excluding hydrogens is 294 g/mol. The first kappa shape index (κ1) is 15.0. The zero-order valence-electron chi connectivity index (χ0n) is 12.8. The Kier molecular flexibility index (Phi) is 3.70. The molecule has 1 aromatic carbocycles. The fraction of sp³-hybridized carbons (Fsp3) is 0.294. The molecule has 1 aromatic heterocycles. The summed E-state index contributed by atoms with van der Waals surface area (Å²) >= 11 is 0. The monoisotopic (exact) mass is 309 g/mol. The van der Waals surface area contributed by atoms with Crippen LogP contribution in [0.4, 0.5) is 0 Å². The van der Waals surface area contributed by atoms with E-state index in [1.807, 2.05) is 0 Å². The number of imide groups is 1. The maximum absolute atomic E-state index is 12.8. The molecule has 1 N–H and O–H groups in total. The molecule has 2 aromatic rings. The molecule has 23 heavy (non-hydrogen) atoms. The van der Waals surface area contributed by atoms with Crippen LogP contribution in [0.3, 0.4) is 0 Å². The van der Waals surface area contributed by atoms with Gasteiger partial charge < -0.3 is 0 Å². The number of rotatable bonds is 1. The molecule has 2 amide bonds. The zero-order valence-corrected chi connectivity index (χ0v) is 12.8. The third kappa shape index (κ3) is 2.50. The van der Waals surface area contributed by atoms with Crippen molar-refractivity contribution in [3.05, 3.63) is 39.9 Å². The summed E-state index contributed by atoms with van der Waals surface area (Å²) in [4.78, 5) is 40.7. The van der Waals surface area contributed by atoms with E-state index in [-0.39, 0.29) is 17.9 Å². The predicted molar refractivity (Wildman–Crippen MR) is 84.7 cm³/mol. The fourth-order valence-corrected chi connectivity index (χ4v) is 2.86. The van der Waals surface area contributed by atoms with Crippen molar-refractivity contribution < 1.29 is 9.59 Å². The third-order valence-electron chi connectivity index (χ3n) is 3.89. The van der Waals surface area contributed by atoms with Crippen LogP contribution in [0.1, 0.15) is 37.2 Å². The molecule has 2 heterocycles. The Morgan fingerprint density at radius 2 is 2.09 bits per heavy atom. The van der Waals surface area contributed by atoms with Crippen LogP contribution < -0.4 is 10.9 Å². The highest BCUT2D eigenvalue weighted by atomic mass is 16.2. The average molecular weight is 309 g/mol. The molecule has 1 aliphatic rings. The molecule has 3 rings (SSSR count). The fourth-order valence-electron chi connectivity index (χ4n) is 2.86. The smallest absolute Gasteiger partial charge is 0.262 e. The molecule has 116 valence electrons. The van der Waals surface area contributed by atoms with Gasteiger partial charge in [0.25, 0.3) is 5.56 Å². The summed E-state index contributed by atoms with van der Waals surface area (Å²) in [5.41, 5.74) is 0.926. The van der Waals surface area contributed by atoms with Gasteiger partial charge in [0.15, 0.2) is 0 Å². The highest BCUT2D eigenvalue weighted by Gasteiger charge is 2.30. The van der Waals surface area contributed by atoms with Gasteiger partial charge in [-0.3, -0.25) is 24.3 Å². The molecule has 1 fully saturated rings. The second-order valence-electron chi connectivity index (χ2n) is 5.38. The van der Waals surface area contributed by atoms with Gasteiger partial charge in [-0.15, -0.1) is 5.92 Å². The molecule has 1 atom stereocenters. The summed E-state index contributed by atoms with van der Waals surface area (Å²) < 4.78 is 1.37. The Bertz CT molecular complexity index is 947. The molecule has 0 radical (unpaired) electrons. The third-order valence-corrected chi connectivity index (χ3v) is 3.89. The van der Waals surface area contributed by atoms with Crippen LogP contribution in [0.15, 0.2) is 23.0 Å². The first-order chi connectivity index (χ1) is 11.0. The molecule has 6 heteroatoms. The summed E-state index contributed by atoms with van der Waals surface area (Å²) in [6.07, 6.45) is 0.509. The van der Waals surface area contributed by atoms with Crippen LogP contribution >= 0.6 is 0 Å². The van der Waals surface area contributed by atoms with E-state index < -0.39 is 11.9 Å². The van der Waals surface area contributed by atoms with E-state index in [4.69, 9.17) is 0 Å². The average Bonchev–Trinajstić information content (AvgIpc) is 2.50. The Balaban J connectivity index is 2.23. The standard InChI is InChI=1S/C17H15N3O3/c1-3-5-11-6-4-7-12-15(11)18-10(2)20(17(12)23)13-8-9-14(21)19-16(13)22/h4,6-7,13H,8-9H2,1-2H3,(H,19,21,22). The SMILES string of the molecule is CC#Cc1cccc2c(=O)n(C3CCC(=O)NC3=O)c(C)nc12. The zero-order chi connectivity index (χ0) is 16.6. The predicted octanol–water partition coefficient (Wildman–Crippen LogP) is 1.05. The summed E-state index contributed by atoms with van der Waals surface area (Å²) in [7, 11) is 0. The van der Waals surface area contributed by atoms with Crippen LogP contribution in [-0.4, -0.2) is 21.4 Å². The molecular formula is C17H15N3O3. The van der Waals surface area contributed by atoms with Crippen molar-refractivity contribution in [2.45, 2.75) is 32.7 Å². The largest absolute Gasteiger partial charge is 0.295 e. The number of carbonyl (C=O) groups excluding carboxylic acids is 2. The molecule has 0 aliphatic carbocycles. The van der Waals surface area contributed by atoms with Gasteiger partial charge in [0.1, 0.15) is 11.9 Å².